The first-order chi connectivity index (χ1) is 15.9. The quantitative estimate of drug-likeness (QED) is 0.402. The third-order valence-electron chi connectivity index (χ3n) is 6.44. The van der Waals surface area contributed by atoms with Crippen LogP contribution < -0.4 is 5.32 Å². The van der Waals surface area contributed by atoms with Gasteiger partial charge >= 0.3 is 6.09 Å². The molecule has 0 bridgehead atoms. The van der Waals surface area contributed by atoms with Crippen LogP contribution in [-0.4, -0.2) is 44.1 Å². The van der Waals surface area contributed by atoms with E-state index in [2.05, 4.69) is 47.7 Å². The third kappa shape index (κ3) is 4.00. The van der Waals surface area contributed by atoms with E-state index in [0.717, 1.165) is 59.2 Å². The number of hydrogen-bond donors (Lipinski definition) is 1. The number of rotatable bonds is 4. The maximum absolute atomic E-state index is 13.3. The van der Waals surface area contributed by atoms with Crippen LogP contribution in [-0.2, 0) is 4.74 Å². The molecule has 0 spiro atoms. The molecule has 1 saturated heterocycles. The maximum atomic E-state index is 13.3. The van der Waals surface area contributed by atoms with E-state index < -0.39 is 11.7 Å². The largest absolute Gasteiger partial charge is 0.429 e. The molecule has 33 heavy (non-hydrogen) atoms. The van der Waals surface area contributed by atoms with Gasteiger partial charge in [-0.3, -0.25) is 0 Å². The SMILES string of the molecule is CC(Cl)OC(=O)n1c(-c2ccc3cnnn3c2)c(C(C)C)c2cc(C3CCNCC3)ccc21. The predicted octanol–water partition coefficient (Wildman–Crippen LogP) is 5.51. The van der Waals surface area contributed by atoms with E-state index in [-0.39, 0.29) is 5.92 Å². The van der Waals surface area contributed by atoms with Crippen molar-refractivity contribution in [1.82, 2.24) is 24.7 Å². The normalized spacial score (nSPS) is 16.0. The lowest BCUT2D eigenvalue weighted by Gasteiger charge is -2.23. The van der Waals surface area contributed by atoms with Gasteiger partial charge in [0, 0.05) is 17.1 Å². The zero-order valence-corrected chi connectivity index (χ0v) is 19.8. The zero-order chi connectivity index (χ0) is 23.1. The van der Waals surface area contributed by atoms with E-state index in [0.29, 0.717) is 5.92 Å². The summed E-state index contributed by atoms with van der Waals surface area (Å²) in [7, 11) is 0. The van der Waals surface area contributed by atoms with E-state index in [9.17, 15) is 4.79 Å². The second-order valence-corrected chi connectivity index (χ2v) is 9.62. The van der Waals surface area contributed by atoms with Gasteiger partial charge in [-0.2, -0.15) is 0 Å². The highest BCUT2D eigenvalue weighted by molar-refractivity contribution is 6.20. The number of carbonyl (C=O) groups is 1. The van der Waals surface area contributed by atoms with E-state index in [1.54, 1.807) is 22.2 Å². The Hall–Kier alpha value is -2.90. The van der Waals surface area contributed by atoms with Gasteiger partial charge in [-0.1, -0.05) is 36.7 Å². The van der Waals surface area contributed by atoms with Crippen LogP contribution in [0.5, 0.6) is 0 Å². The molecular formula is C25H28ClN5O2. The lowest BCUT2D eigenvalue weighted by molar-refractivity contribution is 0.142. The van der Waals surface area contributed by atoms with Crippen molar-refractivity contribution in [3.05, 3.63) is 53.9 Å². The van der Waals surface area contributed by atoms with Gasteiger partial charge in [-0.25, -0.2) is 13.9 Å². The molecule has 172 valence electrons. The van der Waals surface area contributed by atoms with Crippen LogP contribution in [0.1, 0.15) is 56.6 Å². The summed E-state index contributed by atoms with van der Waals surface area (Å²) in [6.07, 6.45) is 5.36. The summed E-state index contributed by atoms with van der Waals surface area (Å²) in [5.74, 6) is 0.698. The van der Waals surface area contributed by atoms with E-state index in [4.69, 9.17) is 16.3 Å². The molecule has 0 aliphatic carbocycles. The number of piperidine rings is 1. The van der Waals surface area contributed by atoms with Gasteiger partial charge in [0.15, 0.2) is 5.56 Å². The van der Waals surface area contributed by atoms with E-state index >= 15 is 0 Å². The average molecular weight is 466 g/mol. The number of ether oxygens (including phenoxy) is 1. The van der Waals surface area contributed by atoms with Crippen molar-refractivity contribution in [3.63, 3.8) is 0 Å². The van der Waals surface area contributed by atoms with Crippen LogP contribution in [0.4, 0.5) is 4.79 Å². The summed E-state index contributed by atoms with van der Waals surface area (Å²) in [6, 6.07) is 10.4. The van der Waals surface area contributed by atoms with Gasteiger partial charge in [0.25, 0.3) is 0 Å². The molecular weight excluding hydrogens is 438 g/mol. The van der Waals surface area contributed by atoms with Crippen LogP contribution in [0, 0.1) is 0 Å². The Morgan fingerprint density at radius 1 is 1.18 bits per heavy atom. The Morgan fingerprint density at radius 2 is 1.97 bits per heavy atom. The molecule has 7 nitrogen and oxygen atoms in total. The highest BCUT2D eigenvalue weighted by atomic mass is 35.5. The summed E-state index contributed by atoms with van der Waals surface area (Å²) in [5, 5.41) is 12.7. The molecule has 0 radical (unpaired) electrons. The van der Waals surface area contributed by atoms with Crippen molar-refractivity contribution in [1.29, 1.82) is 0 Å². The van der Waals surface area contributed by atoms with Crippen molar-refractivity contribution in [2.24, 2.45) is 0 Å². The minimum absolute atomic E-state index is 0.180. The molecule has 1 aliphatic heterocycles. The molecule has 1 N–H and O–H groups in total. The first-order valence-corrected chi connectivity index (χ1v) is 11.9. The Bertz CT molecular complexity index is 1320. The number of fused-ring (bicyclic) bond motifs is 2. The van der Waals surface area contributed by atoms with Gasteiger partial charge in [-0.05, 0) is 80.1 Å². The number of hydrogen-bond acceptors (Lipinski definition) is 5. The Morgan fingerprint density at radius 3 is 2.70 bits per heavy atom. The van der Waals surface area contributed by atoms with Crippen molar-refractivity contribution >= 4 is 34.1 Å². The van der Waals surface area contributed by atoms with Crippen LogP contribution >= 0.6 is 11.6 Å². The highest BCUT2D eigenvalue weighted by Gasteiger charge is 2.27. The number of nitrogens with zero attached hydrogens (tertiary/aromatic N) is 4. The van der Waals surface area contributed by atoms with Gasteiger partial charge in [0.05, 0.1) is 22.9 Å². The number of pyridine rings is 1. The summed E-state index contributed by atoms with van der Waals surface area (Å²) < 4.78 is 8.85. The monoisotopic (exact) mass is 465 g/mol. The van der Waals surface area contributed by atoms with Crippen molar-refractivity contribution < 1.29 is 9.53 Å². The molecule has 0 amide bonds. The molecule has 1 aliphatic rings. The molecule has 3 aromatic heterocycles. The lowest BCUT2D eigenvalue weighted by Crippen LogP contribution is -2.26. The van der Waals surface area contributed by atoms with E-state index in [1.165, 1.54) is 5.56 Å². The van der Waals surface area contributed by atoms with Crippen molar-refractivity contribution in [3.8, 4) is 11.3 Å². The Kier molecular flexibility index (Phi) is 5.85. The predicted molar refractivity (Wildman–Crippen MR) is 130 cm³/mol. The average Bonchev–Trinajstić information content (AvgIpc) is 3.40. The lowest BCUT2D eigenvalue weighted by atomic mass is 9.88. The molecule has 1 atom stereocenters. The van der Waals surface area contributed by atoms with Crippen molar-refractivity contribution in [2.45, 2.75) is 51.0 Å². The van der Waals surface area contributed by atoms with Crippen LogP contribution in [0.15, 0.2) is 42.7 Å². The molecule has 1 unspecified atom stereocenters. The smallest absolute Gasteiger partial charge is 0.420 e. The van der Waals surface area contributed by atoms with E-state index in [1.807, 2.05) is 18.3 Å². The minimum atomic E-state index is -0.739. The van der Waals surface area contributed by atoms with Crippen LogP contribution in [0.2, 0.25) is 0 Å². The summed E-state index contributed by atoms with van der Waals surface area (Å²) in [5.41, 5.74) is 5.08. The van der Waals surface area contributed by atoms with Crippen molar-refractivity contribution in [2.75, 3.05) is 13.1 Å². The maximum Gasteiger partial charge on any atom is 0.420 e. The van der Waals surface area contributed by atoms with Gasteiger partial charge in [0.1, 0.15) is 0 Å². The standard InChI is InChI=1S/C25H28ClN5O2/c1-15(2)23-21-12-18(17-8-10-27-11-9-17)5-7-22(21)31(25(32)33-16(3)26)24(23)19-4-6-20-13-28-29-30(20)14-19/h4-7,12-17,27H,8-11H2,1-3H3. The first kappa shape index (κ1) is 21.9. The Labute approximate surface area is 197 Å². The summed E-state index contributed by atoms with van der Waals surface area (Å²) >= 11 is 6.05. The molecule has 0 saturated carbocycles. The summed E-state index contributed by atoms with van der Waals surface area (Å²) in [4.78, 5) is 13.3. The number of benzene rings is 1. The fourth-order valence-electron chi connectivity index (χ4n) is 4.95. The number of aromatic nitrogens is 4. The molecule has 8 heteroatoms. The molecule has 1 fully saturated rings. The molecule has 4 heterocycles. The highest BCUT2D eigenvalue weighted by Crippen LogP contribution is 2.40. The van der Waals surface area contributed by atoms with Gasteiger partial charge in [-0.15, -0.1) is 5.10 Å². The fourth-order valence-corrected chi connectivity index (χ4v) is 5.03. The molecule has 4 aromatic rings. The molecule has 1 aromatic carbocycles. The van der Waals surface area contributed by atoms with Crippen LogP contribution in [0.25, 0.3) is 27.7 Å². The summed E-state index contributed by atoms with van der Waals surface area (Å²) in [6.45, 7) is 8.02. The number of alkyl halides is 1. The third-order valence-corrected chi connectivity index (χ3v) is 6.52. The van der Waals surface area contributed by atoms with Gasteiger partial charge < -0.3 is 10.1 Å². The number of halogens is 1. The van der Waals surface area contributed by atoms with Gasteiger partial charge in [0.2, 0.25) is 0 Å². The topological polar surface area (TPSA) is 73.5 Å². The number of nitrogens with one attached hydrogen (secondary N) is 1. The second kappa shape index (κ2) is 8.80. The second-order valence-electron chi connectivity index (χ2n) is 9.00. The Balaban J connectivity index is 1.77. The number of carbonyl (C=O) groups excluding carboxylic acids is 1. The molecule has 5 rings (SSSR count). The first-order valence-electron chi connectivity index (χ1n) is 11.5. The minimum Gasteiger partial charge on any atom is -0.429 e. The fraction of sp³-hybridized carbons (Fsp3) is 0.400. The van der Waals surface area contributed by atoms with Crippen LogP contribution in [0.3, 0.4) is 0 Å². The zero-order valence-electron chi connectivity index (χ0n) is 19.1.